The van der Waals surface area contributed by atoms with Gasteiger partial charge in [-0.15, -0.1) is 12.4 Å². The van der Waals surface area contributed by atoms with Gasteiger partial charge in [0.15, 0.2) is 0 Å². The fraction of sp³-hybridized carbons (Fsp3) is 0.700. The van der Waals surface area contributed by atoms with Crippen molar-refractivity contribution in [2.75, 3.05) is 45.6 Å². The van der Waals surface area contributed by atoms with Crippen LogP contribution in [0.25, 0.3) is 0 Å². The van der Waals surface area contributed by atoms with Gasteiger partial charge < -0.3 is 15.4 Å². The van der Waals surface area contributed by atoms with Gasteiger partial charge in [-0.3, -0.25) is 9.78 Å². The SMILES string of the molecule is COC1(c2ccnc(C(N)=O)c2)[C@@H]2CCC[C@H]1CN(CCN1CCCS1(=O)=O)C2.Cl. The highest BCUT2D eigenvalue weighted by Gasteiger charge is 2.53. The molecule has 168 valence electrons. The molecular formula is C20H31ClN4O4S. The number of pyridine rings is 1. The average molecular weight is 459 g/mol. The molecule has 3 atom stereocenters. The minimum Gasteiger partial charge on any atom is -0.373 e. The summed E-state index contributed by atoms with van der Waals surface area (Å²) in [6.45, 7) is 3.65. The minimum atomic E-state index is -3.06. The fourth-order valence-electron chi connectivity index (χ4n) is 5.63. The second-order valence-electron chi connectivity index (χ2n) is 8.44. The van der Waals surface area contributed by atoms with Crippen molar-refractivity contribution in [2.45, 2.75) is 31.3 Å². The van der Waals surface area contributed by atoms with Crippen molar-refractivity contribution >= 4 is 28.3 Å². The van der Waals surface area contributed by atoms with Crippen LogP contribution in [0.3, 0.4) is 0 Å². The summed E-state index contributed by atoms with van der Waals surface area (Å²) >= 11 is 0. The number of carbonyl (C=O) groups excluding carboxylic acids is 1. The smallest absolute Gasteiger partial charge is 0.267 e. The summed E-state index contributed by atoms with van der Waals surface area (Å²) in [5.41, 5.74) is 6.23. The largest absolute Gasteiger partial charge is 0.373 e. The lowest BCUT2D eigenvalue weighted by molar-refractivity contribution is -0.169. The van der Waals surface area contributed by atoms with Gasteiger partial charge in [-0.05, 0) is 37.0 Å². The fourth-order valence-corrected chi connectivity index (χ4v) is 7.15. The summed E-state index contributed by atoms with van der Waals surface area (Å²) in [5.74, 6) is 0.291. The molecule has 1 unspecified atom stereocenters. The van der Waals surface area contributed by atoms with Crippen molar-refractivity contribution in [2.24, 2.45) is 17.6 Å². The first-order chi connectivity index (χ1) is 13.9. The predicted molar refractivity (Wildman–Crippen MR) is 116 cm³/mol. The molecule has 10 heteroatoms. The maximum Gasteiger partial charge on any atom is 0.267 e. The molecule has 1 aliphatic carbocycles. The Morgan fingerprint density at radius 2 is 1.97 bits per heavy atom. The number of fused-ring (bicyclic) bond motifs is 2. The number of nitrogens with zero attached hydrogens (tertiary/aromatic N) is 3. The number of carbonyl (C=O) groups is 1. The molecule has 4 rings (SSSR count). The Morgan fingerprint density at radius 1 is 1.27 bits per heavy atom. The van der Waals surface area contributed by atoms with Crippen molar-refractivity contribution in [3.63, 3.8) is 0 Å². The van der Waals surface area contributed by atoms with Crippen molar-refractivity contribution in [3.8, 4) is 0 Å². The van der Waals surface area contributed by atoms with E-state index < -0.39 is 21.5 Å². The Morgan fingerprint density at radius 3 is 2.53 bits per heavy atom. The summed E-state index contributed by atoms with van der Waals surface area (Å²) in [5, 5.41) is 0. The number of piperidine rings is 1. The second kappa shape index (κ2) is 9.08. The first-order valence-corrected chi connectivity index (χ1v) is 12.0. The van der Waals surface area contributed by atoms with Gasteiger partial charge >= 0.3 is 0 Å². The van der Waals surface area contributed by atoms with E-state index in [0.29, 0.717) is 13.1 Å². The number of amides is 1. The van der Waals surface area contributed by atoms with Crippen LogP contribution >= 0.6 is 12.4 Å². The molecule has 1 amide bonds. The Bertz CT molecular complexity index is 867. The van der Waals surface area contributed by atoms with Gasteiger partial charge in [0.1, 0.15) is 11.3 Å². The number of aromatic nitrogens is 1. The van der Waals surface area contributed by atoms with E-state index in [1.165, 1.54) is 0 Å². The molecule has 0 radical (unpaired) electrons. The molecule has 2 aliphatic heterocycles. The van der Waals surface area contributed by atoms with Crippen LogP contribution in [0.15, 0.2) is 18.3 Å². The van der Waals surface area contributed by atoms with Crippen LogP contribution in [0.1, 0.15) is 41.7 Å². The summed E-state index contributed by atoms with van der Waals surface area (Å²) in [6.07, 6.45) is 5.60. The number of hydrogen-bond donors (Lipinski definition) is 1. The third-order valence-electron chi connectivity index (χ3n) is 6.95. The molecule has 3 aliphatic rings. The first-order valence-electron chi connectivity index (χ1n) is 10.4. The molecule has 8 nitrogen and oxygen atoms in total. The van der Waals surface area contributed by atoms with Crippen LogP contribution in [0.2, 0.25) is 0 Å². The molecule has 30 heavy (non-hydrogen) atoms. The summed E-state index contributed by atoms with van der Waals surface area (Å²) in [7, 11) is -1.31. The van der Waals surface area contributed by atoms with Gasteiger partial charge in [0.05, 0.1) is 5.75 Å². The van der Waals surface area contributed by atoms with Crippen LogP contribution < -0.4 is 5.73 Å². The molecule has 0 aromatic carbocycles. The number of halogens is 1. The number of primary amides is 1. The third-order valence-corrected chi connectivity index (χ3v) is 8.90. The van der Waals surface area contributed by atoms with Crippen LogP contribution in [-0.2, 0) is 20.4 Å². The Hall–Kier alpha value is -1.26. The monoisotopic (exact) mass is 458 g/mol. The highest BCUT2D eigenvalue weighted by Crippen LogP contribution is 2.51. The number of sulfonamides is 1. The average Bonchev–Trinajstić information content (AvgIpc) is 3.03. The Labute approximate surface area is 184 Å². The van der Waals surface area contributed by atoms with Gasteiger partial charge in [-0.2, -0.15) is 0 Å². The summed E-state index contributed by atoms with van der Waals surface area (Å²) in [4.78, 5) is 18.1. The van der Waals surface area contributed by atoms with Crippen LogP contribution in [0.5, 0.6) is 0 Å². The molecule has 0 spiro atoms. The number of ether oxygens (including phenoxy) is 1. The Kier molecular flexibility index (Phi) is 7.08. The lowest BCUT2D eigenvalue weighted by Crippen LogP contribution is -2.59. The Balaban J connectivity index is 0.00000256. The van der Waals surface area contributed by atoms with Gasteiger partial charge in [-0.25, -0.2) is 12.7 Å². The van der Waals surface area contributed by atoms with E-state index in [4.69, 9.17) is 10.5 Å². The van der Waals surface area contributed by atoms with E-state index >= 15 is 0 Å². The summed E-state index contributed by atoms with van der Waals surface area (Å²) < 4.78 is 32.0. The third kappa shape index (κ3) is 4.10. The highest BCUT2D eigenvalue weighted by molar-refractivity contribution is 7.89. The van der Waals surface area contributed by atoms with Crippen molar-refractivity contribution in [3.05, 3.63) is 29.6 Å². The number of nitrogens with two attached hydrogens (primary N) is 1. The topological polar surface area (TPSA) is 106 Å². The number of hydrogen-bond acceptors (Lipinski definition) is 6. The number of likely N-dealkylation sites (tertiary alicyclic amines) is 1. The minimum absolute atomic E-state index is 0. The maximum atomic E-state index is 12.1. The zero-order valence-corrected chi connectivity index (χ0v) is 19.0. The van der Waals surface area contributed by atoms with Gasteiger partial charge in [0, 0.05) is 57.9 Å². The lowest BCUT2D eigenvalue weighted by Gasteiger charge is -2.55. The lowest BCUT2D eigenvalue weighted by atomic mass is 9.62. The summed E-state index contributed by atoms with van der Waals surface area (Å²) in [6, 6.07) is 3.72. The zero-order chi connectivity index (χ0) is 20.6. The van der Waals surface area contributed by atoms with E-state index in [1.54, 1.807) is 23.7 Å². The molecule has 3 fully saturated rings. The van der Waals surface area contributed by atoms with Gasteiger partial charge in [0.2, 0.25) is 10.0 Å². The maximum absolute atomic E-state index is 12.1. The molecule has 2 bridgehead atoms. The van der Waals surface area contributed by atoms with Crippen molar-refractivity contribution in [1.29, 1.82) is 0 Å². The second-order valence-corrected chi connectivity index (χ2v) is 10.5. The van der Waals surface area contributed by atoms with Gasteiger partial charge in [-0.1, -0.05) is 6.42 Å². The van der Waals surface area contributed by atoms with E-state index in [9.17, 15) is 13.2 Å². The highest BCUT2D eigenvalue weighted by atomic mass is 35.5. The standard InChI is InChI=1S/C20H30N4O4S.ClH/c1-28-20(15-6-7-22-18(12-15)19(21)25)16-4-2-5-17(20)14-23(13-16)9-10-24-8-3-11-29(24,26)27;/h6-7,12,16-17H,2-5,8-11,13-14H2,1H3,(H2,21,25);1H/t16-,17+,20?;. The zero-order valence-electron chi connectivity index (χ0n) is 17.3. The number of methoxy groups -OCH3 is 1. The van der Waals surface area contributed by atoms with Crippen molar-refractivity contribution in [1.82, 2.24) is 14.2 Å². The predicted octanol–water partition coefficient (Wildman–Crippen LogP) is 1.21. The molecule has 3 heterocycles. The van der Waals surface area contributed by atoms with E-state index in [2.05, 4.69) is 9.88 Å². The van der Waals surface area contributed by atoms with E-state index in [1.807, 2.05) is 6.07 Å². The normalized spacial score (nSPS) is 31.2. The first kappa shape index (κ1) is 23.4. The molecule has 2 saturated heterocycles. The van der Waals surface area contributed by atoms with E-state index in [0.717, 1.165) is 50.9 Å². The molecule has 1 aromatic rings. The molecule has 2 N–H and O–H groups in total. The number of rotatable bonds is 6. The quantitative estimate of drug-likeness (QED) is 0.686. The van der Waals surface area contributed by atoms with Gasteiger partial charge in [0.25, 0.3) is 5.91 Å². The molecule has 1 aromatic heterocycles. The van der Waals surface area contributed by atoms with Crippen molar-refractivity contribution < 1.29 is 17.9 Å². The van der Waals surface area contributed by atoms with Crippen LogP contribution in [0, 0.1) is 11.8 Å². The molecular weight excluding hydrogens is 428 g/mol. The van der Waals surface area contributed by atoms with E-state index in [-0.39, 0.29) is 35.7 Å². The van der Waals surface area contributed by atoms with Crippen LogP contribution in [0.4, 0.5) is 0 Å². The van der Waals surface area contributed by atoms with Crippen LogP contribution in [-0.4, -0.2) is 74.1 Å². The molecule has 1 saturated carbocycles.